The van der Waals surface area contributed by atoms with E-state index in [0.29, 0.717) is 18.4 Å². The molecule has 80 valence electrons. The van der Waals surface area contributed by atoms with Gasteiger partial charge in [-0.3, -0.25) is 4.79 Å². The fourth-order valence-corrected chi connectivity index (χ4v) is 2.67. The molecule has 2 fully saturated rings. The van der Waals surface area contributed by atoms with Crippen LogP contribution in [0.15, 0.2) is 0 Å². The molecule has 2 atom stereocenters. The van der Waals surface area contributed by atoms with Crippen LogP contribution in [0, 0.1) is 17.8 Å². The molecule has 0 radical (unpaired) electrons. The topological polar surface area (TPSA) is 46.3 Å². The summed E-state index contributed by atoms with van der Waals surface area (Å²) in [4.78, 5) is 13.8. The lowest BCUT2D eigenvalue weighted by Crippen LogP contribution is -2.43. The zero-order valence-corrected chi connectivity index (χ0v) is 8.91. The van der Waals surface area contributed by atoms with Crippen LogP contribution in [-0.4, -0.2) is 30.9 Å². The maximum Gasteiger partial charge on any atom is 0.225 e. The van der Waals surface area contributed by atoms with Crippen molar-refractivity contribution < 1.29 is 4.79 Å². The lowest BCUT2D eigenvalue weighted by Gasteiger charge is -2.33. The first-order valence-electron chi connectivity index (χ1n) is 5.69. The highest BCUT2D eigenvalue weighted by Gasteiger charge is 2.40. The van der Waals surface area contributed by atoms with E-state index in [0.717, 1.165) is 25.3 Å². The maximum atomic E-state index is 11.9. The summed E-state index contributed by atoms with van der Waals surface area (Å²) in [6.45, 7) is 1.62. The maximum absolute atomic E-state index is 11.9. The summed E-state index contributed by atoms with van der Waals surface area (Å²) in [5, 5.41) is 0. The first kappa shape index (κ1) is 9.97. The minimum Gasteiger partial charge on any atom is -0.346 e. The molecular formula is C11H20N2O. The predicted octanol–water partition coefficient (Wildman–Crippen LogP) is 0.840. The molecule has 1 aliphatic heterocycles. The smallest absolute Gasteiger partial charge is 0.225 e. The van der Waals surface area contributed by atoms with Crippen LogP contribution >= 0.6 is 0 Å². The molecule has 1 saturated heterocycles. The first-order chi connectivity index (χ1) is 6.74. The highest BCUT2D eigenvalue weighted by molar-refractivity contribution is 5.79. The van der Waals surface area contributed by atoms with Gasteiger partial charge in [0.05, 0.1) is 0 Å². The molecule has 0 aromatic heterocycles. The summed E-state index contributed by atoms with van der Waals surface area (Å²) in [6.07, 6.45) is 4.78. The summed E-state index contributed by atoms with van der Waals surface area (Å²) < 4.78 is 0. The Morgan fingerprint density at radius 2 is 2.21 bits per heavy atom. The number of amides is 1. The minimum atomic E-state index is 0.228. The number of likely N-dealkylation sites (tertiary alicyclic amines) is 1. The number of piperidine rings is 1. The van der Waals surface area contributed by atoms with Crippen LogP contribution in [0.3, 0.4) is 0 Å². The zero-order chi connectivity index (χ0) is 10.1. The Kier molecular flexibility index (Phi) is 2.77. The van der Waals surface area contributed by atoms with E-state index in [1.54, 1.807) is 0 Å². The molecule has 0 bridgehead atoms. The third-order valence-corrected chi connectivity index (χ3v) is 3.72. The van der Waals surface area contributed by atoms with E-state index >= 15 is 0 Å². The summed E-state index contributed by atoms with van der Waals surface area (Å²) in [7, 11) is 1.91. The summed E-state index contributed by atoms with van der Waals surface area (Å²) >= 11 is 0. The Morgan fingerprint density at radius 3 is 2.79 bits per heavy atom. The normalized spacial score (nSPS) is 30.6. The van der Waals surface area contributed by atoms with Crippen LogP contribution < -0.4 is 5.73 Å². The number of nitrogens with zero attached hydrogens (tertiary/aromatic N) is 1. The van der Waals surface area contributed by atoms with Crippen molar-refractivity contribution in [1.29, 1.82) is 0 Å². The zero-order valence-electron chi connectivity index (χ0n) is 8.91. The van der Waals surface area contributed by atoms with E-state index in [1.807, 2.05) is 11.9 Å². The summed E-state index contributed by atoms with van der Waals surface area (Å²) in [5.74, 6) is 1.77. The van der Waals surface area contributed by atoms with Crippen LogP contribution in [0.4, 0.5) is 0 Å². The number of nitrogens with two attached hydrogens (primary N) is 1. The molecule has 1 aliphatic carbocycles. The molecule has 1 amide bonds. The second-order valence-corrected chi connectivity index (χ2v) is 4.75. The molecule has 1 saturated carbocycles. The average Bonchev–Trinajstić information content (AvgIpc) is 2.97. The molecule has 0 aromatic rings. The van der Waals surface area contributed by atoms with Crippen LogP contribution in [0.25, 0.3) is 0 Å². The molecule has 2 rings (SSSR count). The van der Waals surface area contributed by atoms with Crippen molar-refractivity contribution in [3.05, 3.63) is 0 Å². The van der Waals surface area contributed by atoms with E-state index < -0.39 is 0 Å². The van der Waals surface area contributed by atoms with Crippen molar-refractivity contribution in [2.75, 3.05) is 20.1 Å². The van der Waals surface area contributed by atoms with E-state index in [9.17, 15) is 4.79 Å². The average molecular weight is 196 g/mol. The van der Waals surface area contributed by atoms with Crippen LogP contribution in [-0.2, 0) is 4.79 Å². The molecular weight excluding hydrogens is 176 g/mol. The van der Waals surface area contributed by atoms with Gasteiger partial charge in [-0.1, -0.05) is 0 Å². The summed E-state index contributed by atoms with van der Waals surface area (Å²) in [5.41, 5.74) is 5.78. The minimum absolute atomic E-state index is 0.228. The highest BCUT2D eigenvalue weighted by atomic mass is 16.2. The number of hydrogen-bond acceptors (Lipinski definition) is 2. The summed E-state index contributed by atoms with van der Waals surface area (Å²) in [6, 6.07) is 0. The second kappa shape index (κ2) is 3.89. The number of rotatable bonds is 3. The van der Waals surface area contributed by atoms with Crippen molar-refractivity contribution in [2.24, 2.45) is 23.5 Å². The quantitative estimate of drug-likeness (QED) is 0.727. The van der Waals surface area contributed by atoms with Gasteiger partial charge in [0.2, 0.25) is 5.91 Å². The Bertz CT molecular complexity index is 225. The standard InChI is InChI=1S/C11H20N2O/c1-13-6-2-3-9(11(13)14)10(7-12)8-4-5-8/h8-10H,2-7,12H2,1H3. The van der Waals surface area contributed by atoms with E-state index in [1.165, 1.54) is 12.8 Å². The van der Waals surface area contributed by atoms with Gasteiger partial charge in [-0.2, -0.15) is 0 Å². The van der Waals surface area contributed by atoms with Crippen LogP contribution in [0.1, 0.15) is 25.7 Å². The van der Waals surface area contributed by atoms with Gasteiger partial charge in [-0.25, -0.2) is 0 Å². The largest absolute Gasteiger partial charge is 0.346 e. The van der Waals surface area contributed by atoms with Gasteiger partial charge in [0, 0.05) is 19.5 Å². The van der Waals surface area contributed by atoms with Crippen molar-refractivity contribution in [2.45, 2.75) is 25.7 Å². The van der Waals surface area contributed by atoms with Gasteiger partial charge < -0.3 is 10.6 Å². The molecule has 3 heteroatoms. The third kappa shape index (κ3) is 1.78. The van der Waals surface area contributed by atoms with E-state index in [2.05, 4.69) is 0 Å². The van der Waals surface area contributed by atoms with Gasteiger partial charge in [0.1, 0.15) is 0 Å². The SMILES string of the molecule is CN1CCCC(C(CN)C2CC2)C1=O. The molecule has 2 aliphatic rings. The fraction of sp³-hybridized carbons (Fsp3) is 0.909. The molecule has 2 N–H and O–H groups in total. The lowest BCUT2D eigenvalue weighted by molar-refractivity contribution is -0.139. The Labute approximate surface area is 85.6 Å². The monoisotopic (exact) mass is 196 g/mol. The Hall–Kier alpha value is -0.570. The number of carbonyl (C=O) groups excluding carboxylic acids is 1. The molecule has 0 spiro atoms. The molecule has 2 unspecified atom stereocenters. The Balaban J connectivity index is 2.02. The van der Waals surface area contributed by atoms with E-state index in [4.69, 9.17) is 5.73 Å². The van der Waals surface area contributed by atoms with Gasteiger partial charge in [0.15, 0.2) is 0 Å². The number of carbonyl (C=O) groups is 1. The fourth-order valence-electron chi connectivity index (χ4n) is 2.67. The van der Waals surface area contributed by atoms with Crippen molar-refractivity contribution in [3.63, 3.8) is 0 Å². The lowest BCUT2D eigenvalue weighted by atomic mass is 9.82. The molecule has 0 aromatic carbocycles. The van der Waals surface area contributed by atoms with Gasteiger partial charge in [0.25, 0.3) is 0 Å². The van der Waals surface area contributed by atoms with E-state index in [-0.39, 0.29) is 5.92 Å². The van der Waals surface area contributed by atoms with Gasteiger partial charge in [-0.15, -0.1) is 0 Å². The van der Waals surface area contributed by atoms with Gasteiger partial charge in [-0.05, 0) is 44.1 Å². The van der Waals surface area contributed by atoms with Crippen LogP contribution in [0.5, 0.6) is 0 Å². The second-order valence-electron chi connectivity index (χ2n) is 4.75. The van der Waals surface area contributed by atoms with Crippen molar-refractivity contribution >= 4 is 5.91 Å². The van der Waals surface area contributed by atoms with Crippen molar-refractivity contribution in [1.82, 2.24) is 4.90 Å². The highest BCUT2D eigenvalue weighted by Crippen LogP contribution is 2.42. The van der Waals surface area contributed by atoms with Gasteiger partial charge >= 0.3 is 0 Å². The molecule has 14 heavy (non-hydrogen) atoms. The third-order valence-electron chi connectivity index (χ3n) is 3.72. The molecule has 3 nitrogen and oxygen atoms in total. The predicted molar refractivity (Wildman–Crippen MR) is 55.6 cm³/mol. The molecule has 1 heterocycles. The first-order valence-corrected chi connectivity index (χ1v) is 5.69. The Morgan fingerprint density at radius 1 is 1.50 bits per heavy atom. The van der Waals surface area contributed by atoms with Crippen molar-refractivity contribution in [3.8, 4) is 0 Å². The number of hydrogen-bond donors (Lipinski definition) is 1. The van der Waals surface area contributed by atoms with Crippen LogP contribution in [0.2, 0.25) is 0 Å².